The fraction of sp³-hybridized carbons (Fsp3) is 0.294. The minimum atomic E-state index is -0.196. The summed E-state index contributed by atoms with van der Waals surface area (Å²) < 4.78 is 11.0. The smallest absolute Gasteiger partial charge is 0.184 e. The number of benzene rings is 2. The summed E-state index contributed by atoms with van der Waals surface area (Å²) in [5.74, 6) is 0. The van der Waals surface area contributed by atoms with Crippen LogP contribution in [-0.2, 0) is 22.6 Å². The van der Waals surface area contributed by atoms with Gasteiger partial charge in [-0.1, -0.05) is 48.0 Å². The Morgan fingerprint density at radius 2 is 1.67 bits per heavy atom. The molecule has 1 N–H and O–H groups in total. The Labute approximate surface area is 129 Å². The lowest BCUT2D eigenvalue weighted by molar-refractivity contribution is -0.0441. The van der Waals surface area contributed by atoms with Gasteiger partial charge in [0.2, 0.25) is 0 Å². The maximum atomic E-state index is 5.97. The third-order valence-corrected chi connectivity index (χ3v) is 3.66. The first kappa shape index (κ1) is 14.5. The van der Waals surface area contributed by atoms with Crippen LogP contribution in [0.3, 0.4) is 0 Å². The van der Waals surface area contributed by atoms with Crippen molar-refractivity contribution in [1.82, 2.24) is 5.32 Å². The Morgan fingerprint density at radius 1 is 0.952 bits per heavy atom. The van der Waals surface area contributed by atoms with Gasteiger partial charge in [0.1, 0.15) is 0 Å². The van der Waals surface area contributed by atoms with E-state index in [0.29, 0.717) is 13.2 Å². The fourth-order valence-electron chi connectivity index (χ4n) is 2.34. The Balaban J connectivity index is 1.51. The second-order valence-corrected chi connectivity index (χ2v) is 5.49. The summed E-state index contributed by atoms with van der Waals surface area (Å²) >= 11 is 5.97. The van der Waals surface area contributed by atoms with Gasteiger partial charge in [0.15, 0.2) is 6.29 Å². The molecule has 2 aromatic rings. The van der Waals surface area contributed by atoms with E-state index in [1.807, 2.05) is 18.2 Å². The van der Waals surface area contributed by atoms with E-state index >= 15 is 0 Å². The lowest BCUT2D eigenvalue weighted by Crippen LogP contribution is -2.12. The quantitative estimate of drug-likeness (QED) is 0.914. The van der Waals surface area contributed by atoms with Gasteiger partial charge in [0.05, 0.1) is 13.2 Å². The van der Waals surface area contributed by atoms with Crippen molar-refractivity contribution in [2.24, 2.45) is 0 Å². The summed E-state index contributed by atoms with van der Waals surface area (Å²) in [7, 11) is 0. The number of hydrogen-bond acceptors (Lipinski definition) is 3. The minimum absolute atomic E-state index is 0.196. The van der Waals surface area contributed by atoms with Crippen molar-refractivity contribution in [2.75, 3.05) is 13.2 Å². The SMILES string of the molecule is Clc1cccc(CNCc2ccc(C3OCCO3)cc2)c1. The topological polar surface area (TPSA) is 30.5 Å². The standard InChI is InChI=1S/C17H18ClNO2/c18-16-3-1-2-14(10-16)12-19-11-13-4-6-15(7-5-13)17-20-8-9-21-17/h1-7,10,17,19H,8-9,11-12H2. The van der Waals surface area contributed by atoms with Crippen LogP contribution < -0.4 is 5.32 Å². The van der Waals surface area contributed by atoms with Crippen LogP contribution in [0.15, 0.2) is 48.5 Å². The van der Waals surface area contributed by atoms with Crippen molar-refractivity contribution < 1.29 is 9.47 Å². The van der Waals surface area contributed by atoms with Crippen LogP contribution in [-0.4, -0.2) is 13.2 Å². The van der Waals surface area contributed by atoms with E-state index in [1.165, 1.54) is 11.1 Å². The lowest BCUT2D eigenvalue weighted by atomic mass is 10.1. The average Bonchev–Trinajstić information content (AvgIpc) is 3.02. The molecule has 0 spiro atoms. The second kappa shape index (κ2) is 7.05. The highest BCUT2D eigenvalue weighted by Gasteiger charge is 2.17. The molecule has 0 bridgehead atoms. The summed E-state index contributed by atoms with van der Waals surface area (Å²) in [6.07, 6.45) is -0.196. The summed E-state index contributed by atoms with van der Waals surface area (Å²) in [5, 5.41) is 4.19. The van der Waals surface area contributed by atoms with Crippen LogP contribution in [0.5, 0.6) is 0 Å². The third kappa shape index (κ3) is 4.05. The molecule has 2 aromatic carbocycles. The molecule has 3 nitrogen and oxygen atoms in total. The van der Waals surface area contributed by atoms with Crippen LogP contribution >= 0.6 is 11.6 Å². The maximum absolute atomic E-state index is 5.97. The molecule has 1 aliphatic heterocycles. The predicted molar refractivity (Wildman–Crippen MR) is 83.1 cm³/mol. The van der Waals surface area contributed by atoms with Gasteiger partial charge < -0.3 is 14.8 Å². The van der Waals surface area contributed by atoms with Crippen molar-refractivity contribution in [3.05, 3.63) is 70.2 Å². The molecular weight excluding hydrogens is 286 g/mol. The van der Waals surface area contributed by atoms with Gasteiger partial charge >= 0.3 is 0 Å². The molecular formula is C17H18ClNO2. The second-order valence-electron chi connectivity index (χ2n) is 5.05. The van der Waals surface area contributed by atoms with Crippen molar-refractivity contribution in [1.29, 1.82) is 0 Å². The molecule has 0 aromatic heterocycles. The first-order valence-corrected chi connectivity index (χ1v) is 7.46. The van der Waals surface area contributed by atoms with E-state index in [4.69, 9.17) is 21.1 Å². The van der Waals surface area contributed by atoms with Gasteiger partial charge in [-0.05, 0) is 23.3 Å². The highest BCUT2D eigenvalue weighted by Crippen LogP contribution is 2.23. The van der Waals surface area contributed by atoms with Crippen LogP contribution in [0.2, 0.25) is 5.02 Å². The third-order valence-electron chi connectivity index (χ3n) is 3.42. The zero-order valence-corrected chi connectivity index (χ0v) is 12.5. The fourth-order valence-corrected chi connectivity index (χ4v) is 2.55. The van der Waals surface area contributed by atoms with E-state index in [1.54, 1.807) is 0 Å². The Morgan fingerprint density at radius 3 is 2.38 bits per heavy atom. The molecule has 1 saturated heterocycles. The molecule has 0 radical (unpaired) electrons. The number of halogens is 1. The molecule has 21 heavy (non-hydrogen) atoms. The Bertz CT molecular complexity index is 580. The Kier molecular flexibility index (Phi) is 4.88. The van der Waals surface area contributed by atoms with E-state index in [2.05, 4.69) is 35.6 Å². The molecule has 0 aliphatic carbocycles. The van der Waals surface area contributed by atoms with Crippen molar-refractivity contribution in [3.8, 4) is 0 Å². The minimum Gasteiger partial charge on any atom is -0.346 e. The molecule has 1 heterocycles. The summed E-state index contributed by atoms with van der Waals surface area (Å²) in [4.78, 5) is 0. The van der Waals surface area contributed by atoms with Gasteiger partial charge in [0.25, 0.3) is 0 Å². The zero-order chi connectivity index (χ0) is 14.5. The lowest BCUT2D eigenvalue weighted by Gasteiger charge is -2.10. The van der Waals surface area contributed by atoms with Crippen LogP contribution in [0.4, 0.5) is 0 Å². The number of rotatable bonds is 5. The molecule has 4 heteroatoms. The highest BCUT2D eigenvalue weighted by molar-refractivity contribution is 6.30. The van der Waals surface area contributed by atoms with E-state index in [9.17, 15) is 0 Å². The molecule has 110 valence electrons. The van der Waals surface area contributed by atoms with Gasteiger partial charge in [0, 0.05) is 23.7 Å². The van der Waals surface area contributed by atoms with Crippen LogP contribution in [0.1, 0.15) is 23.0 Å². The van der Waals surface area contributed by atoms with Gasteiger partial charge in [-0.25, -0.2) is 0 Å². The molecule has 3 rings (SSSR count). The number of ether oxygens (including phenoxy) is 2. The molecule has 0 saturated carbocycles. The highest BCUT2D eigenvalue weighted by atomic mass is 35.5. The zero-order valence-electron chi connectivity index (χ0n) is 11.7. The number of nitrogens with one attached hydrogen (secondary N) is 1. The average molecular weight is 304 g/mol. The molecule has 1 fully saturated rings. The van der Waals surface area contributed by atoms with E-state index in [-0.39, 0.29) is 6.29 Å². The van der Waals surface area contributed by atoms with Crippen molar-refractivity contribution in [3.63, 3.8) is 0 Å². The van der Waals surface area contributed by atoms with E-state index < -0.39 is 0 Å². The first-order chi connectivity index (χ1) is 10.3. The van der Waals surface area contributed by atoms with Gasteiger partial charge in [-0.2, -0.15) is 0 Å². The summed E-state index contributed by atoms with van der Waals surface area (Å²) in [5.41, 5.74) is 3.50. The van der Waals surface area contributed by atoms with Crippen LogP contribution in [0.25, 0.3) is 0 Å². The summed E-state index contributed by atoms with van der Waals surface area (Å²) in [6, 6.07) is 16.2. The van der Waals surface area contributed by atoms with Crippen molar-refractivity contribution in [2.45, 2.75) is 19.4 Å². The first-order valence-electron chi connectivity index (χ1n) is 7.08. The largest absolute Gasteiger partial charge is 0.346 e. The van der Waals surface area contributed by atoms with Crippen LogP contribution in [0, 0.1) is 0 Å². The molecule has 0 amide bonds. The summed E-state index contributed by atoms with van der Waals surface area (Å²) in [6.45, 7) is 2.97. The van der Waals surface area contributed by atoms with Gasteiger partial charge in [-0.15, -0.1) is 0 Å². The van der Waals surface area contributed by atoms with E-state index in [0.717, 1.165) is 23.7 Å². The normalized spacial score (nSPS) is 15.5. The Hall–Kier alpha value is -1.39. The monoisotopic (exact) mass is 303 g/mol. The molecule has 1 aliphatic rings. The predicted octanol–water partition coefficient (Wildman–Crippen LogP) is 3.68. The van der Waals surface area contributed by atoms with Crippen molar-refractivity contribution >= 4 is 11.6 Å². The number of hydrogen-bond donors (Lipinski definition) is 1. The maximum Gasteiger partial charge on any atom is 0.184 e. The molecule has 0 atom stereocenters. The van der Waals surface area contributed by atoms with Gasteiger partial charge in [-0.3, -0.25) is 0 Å². The molecule has 0 unspecified atom stereocenters.